The number of aryl methyl sites for hydroxylation is 2. The maximum absolute atomic E-state index is 12.7. The Labute approximate surface area is 232 Å². The third-order valence-electron chi connectivity index (χ3n) is 5.26. The highest BCUT2D eigenvalue weighted by Gasteiger charge is 2.38. The van der Waals surface area contributed by atoms with Crippen molar-refractivity contribution in [1.82, 2.24) is 10.3 Å². The molecule has 0 bridgehead atoms. The number of methoxy groups -OCH3 is 2. The zero-order valence-electron chi connectivity index (χ0n) is 21.9. The van der Waals surface area contributed by atoms with Crippen LogP contribution >= 0.6 is 11.3 Å². The van der Waals surface area contributed by atoms with Gasteiger partial charge in [0.05, 0.1) is 19.9 Å². The molecule has 5 N–H and O–H groups in total. The molecule has 3 rings (SSSR count). The highest BCUT2D eigenvalue weighted by Crippen LogP contribution is 2.27. The van der Waals surface area contributed by atoms with E-state index in [9.17, 15) is 22.8 Å². The number of aromatic nitrogens is 1. The molecule has 0 unspecified atom stereocenters. The zero-order chi connectivity index (χ0) is 29.9. The SMILES string of the molecule is COc1ccc(C(=O)NCc2cccc(C(=O)Nc3nc(CCCN)c(C)s3)c2)cc1OC.O=C(O)C(F)(F)F. The first-order valence-electron chi connectivity index (χ1n) is 11.8. The topological polar surface area (TPSA) is 153 Å². The van der Waals surface area contributed by atoms with Crippen LogP contribution in [0.4, 0.5) is 18.3 Å². The number of halogens is 3. The van der Waals surface area contributed by atoms with Gasteiger partial charge in [-0.15, -0.1) is 11.3 Å². The van der Waals surface area contributed by atoms with Gasteiger partial charge in [0.25, 0.3) is 11.8 Å². The number of amides is 2. The molecule has 10 nitrogen and oxygen atoms in total. The van der Waals surface area contributed by atoms with E-state index < -0.39 is 12.1 Å². The summed E-state index contributed by atoms with van der Waals surface area (Å²) in [7, 11) is 3.06. The Bertz CT molecular complexity index is 1330. The lowest BCUT2D eigenvalue weighted by Gasteiger charge is -2.10. The van der Waals surface area contributed by atoms with Crippen LogP contribution in [0, 0.1) is 6.92 Å². The number of carboxylic acid groups (broad SMARTS) is 1. The van der Waals surface area contributed by atoms with Crippen LogP contribution in [0.15, 0.2) is 42.5 Å². The molecule has 216 valence electrons. The minimum absolute atomic E-state index is 0.248. The Kier molecular flexibility index (Phi) is 11.9. The van der Waals surface area contributed by atoms with Gasteiger partial charge in [0.1, 0.15) is 0 Å². The third kappa shape index (κ3) is 9.54. The number of nitrogens with two attached hydrogens (primary N) is 1. The van der Waals surface area contributed by atoms with E-state index >= 15 is 0 Å². The number of hydrogen-bond acceptors (Lipinski definition) is 8. The number of ether oxygens (including phenoxy) is 2. The van der Waals surface area contributed by atoms with Crippen molar-refractivity contribution in [3.63, 3.8) is 0 Å². The number of carboxylic acids is 1. The summed E-state index contributed by atoms with van der Waals surface area (Å²) in [5.74, 6) is -2.23. The van der Waals surface area contributed by atoms with Crippen LogP contribution in [0.1, 0.15) is 43.3 Å². The van der Waals surface area contributed by atoms with Gasteiger partial charge in [-0.25, -0.2) is 9.78 Å². The van der Waals surface area contributed by atoms with Crippen molar-refractivity contribution in [1.29, 1.82) is 0 Å². The quantitative estimate of drug-likeness (QED) is 0.278. The third-order valence-corrected chi connectivity index (χ3v) is 6.19. The summed E-state index contributed by atoms with van der Waals surface area (Å²) in [4.78, 5) is 39.7. The summed E-state index contributed by atoms with van der Waals surface area (Å²) >= 11 is 1.45. The van der Waals surface area contributed by atoms with E-state index in [2.05, 4.69) is 15.6 Å². The smallest absolute Gasteiger partial charge is 0.490 e. The first-order valence-corrected chi connectivity index (χ1v) is 12.6. The number of nitrogens with one attached hydrogen (secondary N) is 2. The Balaban J connectivity index is 0.000000708. The number of benzene rings is 2. The van der Waals surface area contributed by atoms with Crippen molar-refractivity contribution in [2.24, 2.45) is 5.73 Å². The number of carbonyl (C=O) groups excluding carboxylic acids is 2. The molecule has 0 aliphatic carbocycles. The Morgan fingerprint density at radius 1 is 1.02 bits per heavy atom. The zero-order valence-corrected chi connectivity index (χ0v) is 22.7. The molecule has 0 saturated carbocycles. The number of thiazole rings is 1. The number of nitrogens with zero attached hydrogens (tertiary/aromatic N) is 1. The summed E-state index contributed by atoms with van der Waals surface area (Å²) in [6.45, 7) is 2.86. The Morgan fingerprint density at radius 3 is 2.27 bits per heavy atom. The molecule has 0 radical (unpaired) electrons. The molecule has 2 aromatic carbocycles. The van der Waals surface area contributed by atoms with Crippen molar-refractivity contribution in [3.05, 3.63) is 69.7 Å². The van der Waals surface area contributed by atoms with Gasteiger partial charge in [0.2, 0.25) is 0 Å². The Hall–Kier alpha value is -4.17. The summed E-state index contributed by atoms with van der Waals surface area (Å²) in [6, 6.07) is 12.1. The van der Waals surface area contributed by atoms with E-state index in [1.165, 1.54) is 25.6 Å². The number of anilines is 1. The van der Waals surface area contributed by atoms with E-state index in [1.807, 2.05) is 13.0 Å². The standard InChI is InChI=1S/C24H28N4O4S.C2HF3O2/c1-15-19(8-5-11-25)27-24(33-15)28-23(30)17-7-4-6-16(12-17)14-26-22(29)18-9-10-20(31-2)21(13-18)32-3;3-2(4,5)1(6)7/h4,6-7,9-10,12-13H,5,8,11,14,25H2,1-3H3,(H,26,29)(H,27,28,30);(H,6,7). The van der Waals surface area contributed by atoms with Crippen LogP contribution in [0.25, 0.3) is 0 Å². The van der Waals surface area contributed by atoms with Gasteiger partial charge in [-0.2, -0.15) is 13.2 Å². The first kappa shape index (κ1) is 32.0. The van der Waals surface area contributed by atoms with Crippen molar-refractivity contribution in [3.8, 4) is 11.5 Å². The van der Waals surface area contributed by atoms with Crippen molar-refractivity contribution in [2.45, 2.75) is 32.5 Å². The predicted molar refractivity (Wildman–Crippen MR) is 143 cm³/mol. The van der Waals surface area contributed by atoms with Gasteiger partial charge in [-0.1, -0.05) is 12.1 Å². The number of carbonyl (C=O) groups is 3. The fourth-order valence-corrected chi connectivity index (χ4v) is 4.09. The largest absolute Gasteiger partial charge is 0.493 e. The second-order valence-electron chi connectivity index (χ2n) is 8.12. The Morgan fingerprint density at radius 2 is 1.68 bits per heavy atom. The number of aliphatic carboxylic acids is 1. The molecule has 2 amide bonds. The highest BCUT2D eigenvalue weighted by atomic mass is 32.1. The fourth-order valence-electron chi connectivity index (χ4n) is 3.24. The molecule has 0 atom stereocenters. The van der Waals surface area contributed by atoms with Gasteiger partial charge in [-0.05, 0) is 62.2 Å². The van der Waals surface area contributed by atoms with Gasteiger partial charge < -0.3 is 25.6 Å². The van der Waals surface area contributed by atoms with Crippen LogP contribution in [-0.4, -0.2) is 54.8 Å². The maximum atomic E-state index is 12.7. The van der Waals surface area contributed by atoms with Crippen molar-refractivity contribution in [2.75, 3.05) is 26.1 Å². The van der Waals surface area contributed by atoms with Crippen LogP contribution in [0.2, 0.25) is 0 Å². The minimum Gasteiger partial charge on any atom is -0.493 e. The summed E-state index contributed by atoms with van der Waals surface area (Å²) < 4.78 is 42.2. The normalized spacial score (nSPS) is 10.7. The maximum Gasteiger partial charge on any atom is 0.490 e. The van der Waals surface area contributed by atoms with E-state index in [4.69, 9.17) is 25.1 Å². The van der Waals surface area contributed by atoms with Crippen LogP contribution in [0.5, 0.6) is 11.5 Å². The van der Waals surface area contributed by atoms with Crippen LogP contribution < -0.4 is 25.8 Å². The molecular formula is C26H29F3N4O6S. The lowest BCUT2D eigenvalue weighted by Crippen LogP contribution is -2.23. The average Bonchev–Trinajstić information content (AvgIpc) is 3.28. The molecule has 0 aliphatic heterocycles. The number of rotatable bonds is 10. The van der Waals surface area contributed by atoms with Crippen LogP contribution in [-0.2, 0) is 17.8 Å². The molecule has 0 saturated heterocycles. The second-order valence-corrected chi connectivity index (χ2v) is 9.33. The lowest BCUT2D eigenvalue weighted by molar-refractivity contribution is -0.192. The van der Waals surface area contributed by atoms with Gasteiger partial charge in [-0.3, -0.25) is 14.9 Å². The molecule has 1 heterocycles. The average molecular weight is 583 g/mol. The van der Waals surface area contributed by atoms with Crippen molar-refractivity contribution >= 4 is 34.3 Å². The first-order chi connectivity index (χ1) is 18.9. The molecular weight excluding hydrogens is 553 g/mol. The van der Waals surface area contributed by atoms with E-state index in [0.29, 0.717) is 34.3 Å². The van der Waals surface area contributed by atoms with Crippen molar-refractivity contribution < 1.29 is 42.1 Å². The minimum atomic E-state index is -5.08. The molecule has 40 heavy (non-hydrogen) atoms. The summed E-state index contributed by atoms with van der Waals surface area (Å²) in [6.07, 6.45) is -3.43. The molecule has 0 fully saturated rings. The summed E-state index contributed by atoms with van der Waals surface area (Å²) in [5.41, 5.74) is 8.28. The van der Waals surface area contributed by atoms with E-state index in [-0.39, 0.29) is 18.4 Å². The molecule has 14 heteroatoms. The number of hydrogen-bond donors (Lipinski definition) is 4. The number of alkyl halides is 3. The van der Waals surface area contributed by atoms with E-state index in [0.717, 1.165) is 29.0 Å². The predicted octanol–water partition coefficient (Wildman–Crippen LogP) is 4.18. The van der Waals surface area contributed by atoms with Gasteiger partial charge >= 0.3 is 12.1 Å². The lowest BCUT2D eigenvalue weighted by atomic mass is 10.1. The van der Waals surface area contributed by atoms with Gasteiger partial charge in [0, 0.05) is 22.5 Å². The molecule has 1 aromatic heterocycles. The van der Waals surface area contributed by atoms with E-state index in [1.54, 1.807) is 36.4 Å². The van der Waals surface area contributed by atoms with Gasteiger partial charge in [0.15, 0.2) is 16.6 Å². The monoisotopic (exact) mass is 582 g/mol. The molecule has 3 aromatic rings. The summed E-state index contributed by atoms with van der Waals surface area (Å²) in [5, 5.41) is 13.4. The fraction of sp³-hybridized carbons (Fsp3) is 0.308. The highest BCUT2D eigenvalue weighted by molar-refractivity contribution is 7.15. The second kappa shape index (κ2) is 14.8. The van der Waals surface area contributed by atoms with Crippen LogP contribution in [0.3, 0.4) is 0 Å². The molecule has 0 aliphatic rings. The molecule has 0 spiro atoms.